The fraction of sp³-hybridized carbons (Fsp3) is 0.143. The summed E-state index contributed by atoms with van der Waals surface area (Å²) < 4.78 is 56.9. The van der Waals surface area contributed by atoms with Crippen LogP contribution in [0.4, 0.5) is 17.6 Å². The van der Waals surface area contributed by atoms with Gasteiger partial charge in [-0.25, -0.2) is 4.39 Å². The fourth-order valence-electron chi connectivity index (χ4n) is 1.78. The summed E-state index contributed by atoms with van der Waals surface area (Å²) in [5.41, 5.74) is -0.245. The molecule has 6 heteroatoms. The Balaban J connectivity index is 2.47. The molecule has 0 amide bonds. The van der Waals surface area contributed by atoms with Gasteiger partial charge in [-0.1, -0.05) is 18.2 Å². The van der Waals surface area contributed by atoms with Gasteiger partial charge < -0.3 is 4.74 Å². The second kappa shape index (κ2) is 5.44. The van der Waals surface area contributed by atoms with Gasteiger partial charge >= 0.3 is 6.18 Å². The molecule has 0 aromatic heterocycles. The first kappa shape index (κ1) is 14.8. The maximum Gasteiger partial charge on any atom is 0.416 e. The molecule has 0 radical (unpaired) electrons. The molecule has 2 aromatic carbocycles. The Morgan fingerprint density at radius 3 is 2.10 bits per heavy atom. The minimum Gasteiger partial charge on any atom is -0.492 e. The summed E-state index contributed by atoms with van der Waals surface area (Å²) >= 11 is 3.14. The van der Waals surface area contributed by atoms with Gasteiger partial charge in [-0.15, -0.1) is 0 Å². The lowest BCUT2D eigenvalue weighted by molar-refractivity contribution is -0.137. The van der Waals surface area contributed by atoms with Crippen LogP contribution in [0.3, 0.4) is 0 Å². The van der Waals surface area contributed by atoms with Crippen LogP contribution in [-0.4, -0.2) is 7.11 Å². The first-order valence-electron chi connectivity index (χ1n) is 5.54. The van der Waals surface area contributed by atoms with Gasteiger partial charge in [-0.05, 0) is 39.7 Å². The topological polar surface area (TPSA) is 9.23 Å². The van der Waals surface area contributed by atoms with Crippen molar-refractivity contribution in [3.63, 3.8) is 0 Å². The lowest BCUT2D eigenvalue weighted by atomic mass is 10.0. The van der Waals surface area contributed by atoms with Gasteiger partial charge in [0, 0.05) is 5.56 Å². The van der Waals surface area contributed by atoms with E-state index < -0.39 is 17.6 Å². The first-order chi connectivity index (χ1) is 9.34. The van der Waals surface area contributed by atoms with Gasteiger partial charge in [-0.3, -0.25) is 0 Å². The molecule has 0 bridgehead atoms. The summed E-state index contributed by atoms with van der Waals surface area (Å²) in [7, 11) is 1.32. The third kappa shape index (κ3) is 2.80. The fourth-order valence-corrected chi connectivity index (χ4v) is 2.25. The van der Waals surface area contributed by atoms with Crippen LogP contribution in [0, 0.1) is 5.82 Å². The van der Waals surface area contributed by atoms with Crippen molar-refractivity contribution >= 4 is 15.9 Å². The number of alkyl halides is 3. The molecule has 2 rings (SSSR count). The van der Waals surface area contributed by atoms with Gasteiger partial charge in [0.25, 0.3) is 0 Å². The summed E-state index contributed by atoms with van der Waals surface area (Å²) in [6.07, 6.45) is -4.41. The molecule has 0 N–H and O–H groups in total. The van der Waals surface area contributed by atoms with Crippen molar-refractivity contribution in [1.82, 2.24) is 0 Å². The Morgan fingerprint density at radius 1 is 1.00 bits per heavy atom. The van der Waals surface area contributed by atoms with Crippen LogP contribution >= 0.6 is 15.9 Å². The van der Waals surface area contributed by atoms with E-state index in [1.807, 2.05) is 0 Å². The third-order valence-corrected chi connectivity index (χ3v) is 3.40. The van der Waals surface area contributed by atoms with E-state index in [0.29, 0.717) is 10.0 Å². The van der Waals surface area contributed by atoms with Crippen LogP contribution in [-0.2, 0) is 6.18 Å². The zero-order chi connectivity index (χ0) is 14.9. The standard InChI is InChI=1S/C14H9BrF4O/c1-20-13-11(15)7-6-10(12(13)16)8-2-4-9(5-3-8)14(17,18)19/h2-7H,1H3. The molecule has 0 saturated carbocycles. The van der Waals surface area contributed by atoms with Gasteiger partial charge in [0.2, 0.25) is 0 Å². The van der Waals surface area contributed by atoms with E-state index in [9.17, 15) is 17.6 Å². The SMILES string of the molecule is COc1c(Br)ccc(-c2ccc(C(F)(F)F)cc2)c1F. The minimum absolute atomic E-state index is 0.0161. The molecule has 0 fully saturated rings. The van der Waals surface area contributed by atoms with Crippen LogP contribution < -0.4 is 4.74 Å². The lowest BCUT2D eigenvalue weighted by Gasteiger charge is -2.11. The molecule has 0 aliphatic carbocycles. The lowest BCUT2D eigenvalue weighted by Crippen LogP contribution is -2.04. The first-order valence-corrected chi connectivity index (χ1v) is 6.33. The Labute approximate surface area is 121 Å². The van der Waals surface area contributed by atoms with Crippen LogP contribution in [0.15, 0.2) is 40.9 Å². The number of halogens is 5. The molecule has 0 heterocycles. The smallest absolute Gasteiger partial charge is 0.416 e. The zero-order valence-corrected chi connectivity index (χ0v) is 11.8. The van der Waals surface area contributed by atoms with Crippen LogP contribution in [0.25, 0.3) is 11.1 Å². The molecule has 1 nitrogen and oxygen atoms in total. The average Bonchev–Trinajstić information content (AvgIpc) is 2.38. The van der Waals surface area contributed by atoms with E-state index >= 15 is 0 Å². The number of rotatable bonds is 2. The molecule has 0 aliphatic heterocycles. The summed E-state index contributed by atoms with van der Waals surface area (Å²) in [6, 6.07) is 7.36. The number of hydrogen-bond donors (Lipinski definition) is 0. The molecule has 106 valence electrons. The van der Waals surface area contributed by atoms with Crippen molar-refractivity contribution in [3.05, 3.63) is 52.3 Å². The molecule has 0 unspecified atom stereocenters. The van der Waals surface area contributed by atoms with Gasteiger partial charge in [0.1, 0.15) is 0 Å². The predicted molar refractivity (Wildman–Crippen MR) is 71.1 cm³/mol. The van der Waals surface area contributed by atoms with Gasteiger partial charge in [0.05, 0.1) is 17.1 Å². The number of ether oxygens (including phenoxy) is 1. The summed E-state index contributed by atoms with van der Waals surface area (Å²) in [5.74, 6) is -0.607. The Hall–Kier alpha value is -1.56. The quantitative estimate of drug-likeness (QED) is 0.670. The molecule has 0 saturated heterocycles. The number of hydrogen-bond acceptors (Lipinski definition) is 1. The molecule has 0 atom stereocenters. The largest absolute Gasteiger partial charge is 0.492 e. The molecule has 0 aliphatic rings. The molecular formula is C14H9BrF4O. The van der Waals surface area contributed by atoms with E-state index in [-0.39, 0.29) is 11.3 Å². The van der Waals surface area contributed by atoms with Crippen molar-refractivity contribution in [2.75, 3.05) is 7.11 Å². The zero-order valence-electron chi connectivity index (χ0n) is 10.3. The van der Waals surface area contributed by atoms with E-state index in [1.54, 1.807) is 6.07 Å². The normalized spacial score (nSPS) is 11.5. The van der Waals surface area contributed by atoms with E-state index in [0.717, 1.165) is 12.1 Å². The van der Waals surface area contributed by atoms with Gasteiger partial charge in [0.15, 0.2) is 11.6 Å². The highest BCUT2D eigenvalue weighted by molar-refractivity contribution is 9.10. The number of benzene rings is 2. The van der Waals surface area contributed by atoms with Crippen LogP contribution in [0.1, 0.15) is 5.56 Å². The number of methoxy groups -OCH3 is 1. The summed E-state index contributed by atoms with van der Waals surface area (Å²) in [5, 5.41) is 0. The maximum absolute atomic E-state index is 14.2. The Bertz CT molecular complexity index is 620. The van der Waals surface area contributed by atoms with Crippen molar-refractivity contribution in [2.45, 2.75) is 6.18 Å². The average molecular weight is 349 g/mol. The molecular weight excluding hydrogens is 340 g/mol. The van der Waals surface area contributed by atoms with Crippen LogP contribution in [0.5, 0.6) is 5.75 Å². The Morgan fingerprint density at radius 2 is 1.60 bits per heavy atom. The highest BCUT2D eigenvalue weighted by Crippen LogP contribution is 2.36. The molecule has 20 heavy (non-hydrogen) atoms. The second-order valence-electron chi connectivity index (χ2n) is 4.02. The maximum atomic E-state index is 14.2. The van der Waals surface area contributed by atoms with Crippen LogP contribution in [0.2, 0.25) is 0 Å². The van der Waals surface area contributed by atoms with Crippen molar-refractivity contribution < 1.29 is 22.3 Å². The van der Waals surface area contributed by atoms with Crippen molar-refractivity contribution in [2.24, 2.45) is 0 Å². The van der Waals surface area contributed by atoms with E-state index in [4.69, 9.17) is 4.74 Å². The predicted octanol–water partition coefficient (Wildman–Crippen LogP) is 5.28. The second-order valence-corrected chi connectivity index (χ2v) is 4.87. The minimum atomic E-state index is -4.41. The summed E-state index contributed by atoms with van der Waals surface area (Å²) in [6.45, 7) is 0. The van der Waals surface area contributed by atoms with Crippen molar-refractivity contribution in [1.29, 1.82) is 0 Å². The molecule has 2 aromatic rings. The molecule has 0 spiro atoms. The summed E-state index contributed by atoms with van der Waals surface area (Å²) in [4.78, 5) is 0. The highest BCUT2D eigenvalue weighted by Gasteiger charge is 2.30. The monoisotopic (exact) mass is 348 g/mol. The third-order valence-electron chi connectivity index (χ3n) is 2.78. The van der Waals surface area contributed by atoms with Crippen molar-refractivity contribution in [3.8, 4) is 16.9 Å². The van der Waals surface area contributed by atoms with E-state index in [1.165, 1.54) is 25.3 Å². The Kier molecular flexibility index (Phi) is 4.04. The van der Waals surface area contributed by atoms with E-state index in [2.05, 4.69) is 15.9 Å². The highest BCUT2D eigenvalue weighted by atomic mass is 79.9. The van der Waals surface area contributed by atoms with Gasteiger partial charge in [-0.2, -0.15) is 13.2 Å².